The Kier molecular flexibility index (Phi) is 4.91. The molecule has 2 aromatic heterocycles. The summed E-state index contributed by atoms with van der Waals surface area (Å²) in [6.07, 6.45) is -3.61. The quantitative estimate of drug-likeness (QED) is 0.391. The average Bonchev–Trinajstić information content (AvgIpc) is 2.98. The zero-order valence-corrected chi connectivity index (χ0v) is 16.2. The maximum atomic E-state index is 13.9. The number of halogens is 6. The van der Waals surface area contributed by atoms with Gasteiger partial charge in [0.1, 0.15) is 12.1 Å². The number of rotatable bonds is 3. The van der Waals surface area contributed by atoms with Gasteiger partial charge in [0, 0.05) is 5.69 Å². The lowest BCUT2D eigenvalue weighted by molar-refractivity contribution is -0.139. The molecule has 4 aromatic rings. The molecule has 0 aliphatic heterocycles. The number of hydrogen-bond acceptors (Lipinski definition) is 5. The average molecular weight is 457 g/mol. The fraction of sp³-hybridized carbons (Fsp3) is 0.0556. The third-order valence-corrected chi connectivity index (χ3v) is 4.78. The number of anilines is 3. The van der Waals surface area contributed by atoms with Gasteiger partial charge in [0.2, 0.25) is 5.95 Å². The van der Waals surface area contributed by atoms with Crippen LogP contribution in [0, 0.1) is 5.82 Å². The van der Waals surface area contributed by atoms with Crippen LogP contribution in [0.15, 0.2) is 42.7 Å². The zero-order chi connectivity index (χ0) is 21.6. The molecule has 30 heavy (non-hydrogen) atoms. The number of alkyl halides is 3. The van der Waals surface area contributed by atoms with E-state index in [-0.39, 0.29) is 28.6 Å². The third kappa shape index (κ3) is 3.48. The molecule has 3 N–H and O–H groups in total. The van der Waals surface area contributed by atoms with E-state index in [0.717, 1.165) is 6.07 Å². The summed E-state index contributed by atoms with van der Waals surface area (Å²) < 4.78 is 53.6. The standard InChI is InChI=1S/C18H10Cl2F4N6/c19-10-2-1-3-11(20)14(10)30-16-13(29-17(30)25)15(26-7-27-16)28-8-4-5-9(12(21)6-8)18(22,23)24/h1-7H,(H2,25,29)(H,26,27,28). The predicted molar refractivity (Wildman–Crippen MR) is 106 cm³/mol. The predicted octanol–water partition coefficient (Wildman–Crippen LogP) is 5.61. The van der Waals surface area contributed by atoms with Gasteiger partial charge in [-0.2, -0.15) is 13.2 Å². The number of imidazole rings is 1. The molecule has 0 aliphatic rings. The number of nitrogens with zero attached hydrogens (tertiary/aromatic N) is 4. The fourth-order valence-corrected chi connectivity index (χ4v) is 3.45. The first kappa shape index (κ1) is 20.2. The second kappa shape index (κ2) is 7.29. The summed E-state index contributed by atoms with van der Waals surface area (Å²) in [6.45, 7) is 0. The van der Waals surface area contributed by atoms with Gasteiger partial charge in [-0.05, 0) is 30.3 Å². The molecule has 0 spiro atoms. The second-order valence-electron chi connectivity index (χ2n) is 6.09. The Balaban J connectivity index is 1.80. The van der Waals surface area contributed by atoms with Crippen LogP contribution in [-0.4, -0.2) is 19.5 Å². The maximum Gasteiger partial charge on any atom is 0.419 e. The molecule has 0 fully saturated rings. The highest BCUT2D eigenvalue weighted by Gasteiger charge is 2.34. The molecular formula is C18H10Cl2F4N6. The monoisotopic (exact) mass is 456 g/mol. The number of fused-ring (bicyclic) bond motifs is 1. The van der Waals surface area contributed by atoms with Crippen LogP contribution in [0.1, 0.15) is 5.56 Å². The van der Waals surface area contributed by atoms with Gasteiger partial charge in [-0.25, -0.2) is 19.3 Å². The largest absolute Gasteiger partial charge is 0.419 e. The first-order valence-electron chi connectivity index (χ1n) is 8.24. The Hall–Kier alpha value is -3.11. The minimum Gasteiger partial charge on any atom is -0.369 e. The van der Waals surface area contributed by atoms with Gasteiger partial charge < -0.3 is 11.1 Å². The first-order valence-corrected chi connectivity index (χ1v) is 8.99. The molecule has 6 nitrogen and oxygen atoms in total. The minimum absolute atomic E-state index is 0.00199. The normalized spacial score (nSPS) is 11.8. The van der Waals surface area contributed by atoms with Crippen molar-refractivity contribution >= 4 is 51.8 Å². The maximum absolute atomic E-state index is 13.9. The first-order chi connectivity index (χ1) is 14.2. The van der Waals surface area contributed by atoms with Gasteiger partial charge in [-0.15, -0.1) is 0 Å². The SMILES string of the molecule is Nc1nc2c(Nc3ccc(C(F)(F)F)c(F)c3)ncnc2n1-c1c(Cl)cccc1Cl. The van der Waals surface area contributed by atoms with Gasteiger partial charge >= 0.3 is 6.18 Å². The van der Waals surface area contributed by atoms with Gasteiger partial charge in [-0.1, -0.05) is 29.3 Å². The van der Waals surface area contributed by atoms with Gasteiger partial charge in [0.15, 0.2) is 17.0 Å². The van der Waals surface area contributed by atoms with E-state index in [1.54, 1.807) is 18.2 Å². The van der Waals surface area contributed by atoms with Crippen LogP contribution in [0.25, 0.3) is 16.9 Å². The summed E-state index contributed by atoms with van der Waals surface area (Å²) in [4.78, 5) is 12.4. The molecule has 154 valence electrons. The van der Waals surface area contributed by atoms with E-state index in [4.69, 9.17) is 28.9 Å². The van der Waals surface area contributed by atoms with E-state index in [0.29, 0.717) is 27.9 Å². The molecule has 0 saturated carbocycles. The van der Waals surface area contributed by atoms with Crippen molar-refractivity contribution < 1.29 is 17.6 Å². The lowest BCUT2D eigenvalue weighted by atomic mass is 10.2. The Bertz CT molecular complexity index is 1250. The summed E-state index contributed by atoms with van der Waals surface area (Å²) >= 11 is 12.5. The van der Waals surface area contributed by atoms with Gasteiger partial charge in [-0.3, -0.25) is 4.57 Å². The molecular weight excluding hydrogens is 447 g/mol. The van der Waals surface area contributed by atoms with Crippen LogP contribution in [-0.2, 0) is 6.18 Å². The van der Waals surface area contributed by atoms with Crippen molar-refractivity contribution in [3.8, 4) is 5.69 Å². The Morgan fingerprint density at radius 1 is 1.03 bits per heavy atom. The topological polar surface area (TPSA) is 81.7 Å². The Morgan fingerprint density at radius 2 is 1.73 bits per heavy atom. The highest BCUT2D eigenvalue weighted by molar-refractivity contribution is 6.38. The second-order valence-corrected chi connectivity index (χ2v) is 6.90. The molecule has 0 aliphatic carbocycles. The number of nitrogens with one attached hydrogen (secondary N) is 1. The van der Waals surface area contributed by atoms with Crippen molar-refractivity contribution in [3.05, 3.63) is 64.2 Å². The number of nitrogens with two attached hydrogens (primary N) is 1. The molecule has 12 heteroatoms. The number of aromatic nitrogens is 4. The van der Waals surface area contributed by atoms with Crippen molar-refractivity contribution in [2.45, 2.75) is 6.18 Å². The van der Waals surface area contributed by atoms with Crippen LogP contribution in [0.5, 0.6) is 0 Å². The molecule has 0 amide bonds. The van der Waals surface area contributed by atoms with E-state index in [1.165, 1.54) is 10.9 Å². The van der Waals surface area contributed by atoms with E-state index in [9.17, 15) is 17.6 Å². The smallest absolute Gasteiger partial charge is 0.369 e. The van der Waals surface area contributed by atoms with E-state index in [2.05, 4.69) is 20.3 Å². The van der Waals surface area contributed by atoms with Crippen molar-refractivity contribution in [2.75, 3.05) is 11.1 Å². The van der Waals surface area contributed by atoms with E-state index in [1.807, 2.05) is 0 Å². The van der Waals surface area contributed by atoms with Crippen molar-refractivity contribution in [1.82, 2.24) is 19.5 Å². The van der Waals surface area contributed by atoms with E-state index < -0.39 is 17.6 Å². The molecule has 0 saturated heterocycles. The highest BCUT2D eigenvalue weighted by atomic mass is 35.5. The Labute approximate surface area is 176 Å². The van der Waals surface area contributed by atoms with Gasteiger partial charge in [0.25, 0.3) is 0 Å². The molecule has 0 bridgehead atoms. The van der Waals surface area contributed by atoms with Crippen LogP contribution < -0.4 is 11.1 Å². The van der Waals surface area contributed by atoms with E-state index >= 15 is 0 Å². The molecule has 4 rings (SSSR count). The summed E-state index contributed by atoms with van der Waals surface area (Å²) in [5, 5.41) is 3.33. The molecule has 2 aromatic carbocycles. The molecule has 2 heterocycles. The number of hydrogen-bond donors (Lipinski definition) is 2. The number of para-hydroxylation sites is 1. The number of benzene rings is 2. The van der Waals surface area contributed by atoms with Crippen LogP contribution in [0.2, 0.25) is 10.0 Å². The molecule has 0 unspecified atom stereocenters. The zero-order valence-electron chi connectivity index (χ0n) is 14.7. The molecule has 0 radical (unpaired) electrons. The van der Waals surface area contributed by atoms with Crippen LogP contribution in [0.3, 0.4) is 0 Å². The van der Waals surface area contributed by atoms with Crippen molar-refractivity contribution in [2.24, 2.45) is 0 Å². The minimum atomic E-state index is -4.80. The Morgan fingerprint density at radius 3 is 2.37 bits per heavy atom. The molecule has 0 atom stereocenters. The third-order valence-electron chi connectivity index (χ3n) is 4.17. The van der Waals surface area contributed by atoms with Crippen molar-refractivity contribution in [1.29, 1.82) is 0 Å². The summed E-state index contributed by atoms with van der Waals surface area (Å²) in [6, 6.07) is 7.29. The number of nitrogen functional groups attached to an aromatic ring is 1. The summed E-state index contributed by atoms with van der Waals surface area (Å²) in [7, 11) is 0. The summed E-state index contributed by atoms with van der Waals surface area (Å²) in [5.41, 5.74) is 5.47. The fourth-order valence-electron chi connectivity index (χ4n) is 2.88. The van der Waals surface area contributed by atoms with Gasteiger partial charge in [0.05, 0.1) is 21.3 Å². The van der Waals surface area contributed by atoms with Crippen LogP contribution in [0.4, 0.5) is 35.0 Å². The lowest BCUT2D eigenvalue weighted by Gasteiger charge is -2.11. The lowest BCUT2D eigenvalue weighted by Crippen LogP contribution is -2.08. The van der Waals surface area contributed by atoms with Crippen LogP contribution >= 0.6 is 23.2 Å². The summed E-state index contributed by atoms with van der Waals surface area (Å²) in [5.74, 6) is -1.32. The highest BCUT2D eigenvalue weighted by Crippen LogP contribution is 2.35. The van der Waals surface area contributed by atoms with Crippen molar-refractivity contribution in [3.63, 3.8) is 0 Å².